The first-order chi connectivity index (χ1) is 12.3. The number of rotatable bonds is 6. The van der Waals surface area contributed by atoms with Crippen molar-refractivity contribution in [3.8, 4) is 0 Å². The highest BCUT2D eigenvalue weighted by atomic mass is 32.2. The zero-order valence-electron chi connectivity index (χ0n) is 14.4. The van der Waals surface area contributed by atoms with Gasteiger partial charge in [-0.1, -0.05) is 13.0 Å². The highest BCUT2D eigenvalue weighted by molar-refractivity contribution is 7.99. The van der Waals surface area contributed by atoms with Crippen LogP contribution in [0.2, 0.25) is 0 Å². The highest BCUT2D eigenvalue weighted by Crippen LogP contribution is 2.30. The molecular formula is C16H20F3N3O3S. The van der Waals surface area contributed by atoms with Crippen LogP contribution < -0.4 is 0 Å². The quantitative estimate of drug-likeness (QED) is 0.596. The van der Waals surface area contributed by atoms with Crippen molar-refractivity contribution in [3.05, 3.63) is 29.1 Å². The van der Waals surface area contributed by atoms with E-state index in [1.165, 1.54) is 16.7 Å². The molecule has 144 valence electrons. The van der Waals surface area contributed by atoms with E-state index in [1.54, 1.807) is 13.0 Å². The van der Waals surface area contributed by atoms with Gasteiger partial charge < -0.3 is 9.64 Å². The number of nitrogens with one attached hydrogen (secondary N) is 1. The Morgan fingerprint density at radius 1 is 1.50 bits per heavy atom. The zero-order chi connectivity index (χ0) is 19.3. The Bertz CT molecular complexity index is 688. The van der Waals surface area contributed by atoms with Crippen LogP contribution in [0, 0.1) is 0 Å². The van der Waals surface area contributed by atoms with Crippen LogP contribution in [0.1, 0.15) is 31.5 Å². The number of nitrogens with zero attached hydrogens (tertiary/aromatic N) is 2. The van der Waals surface area contributed by atoms with Crippen molar-refractivity contribution < 1.29 is 27.5 Å². The maximum atomic E-state index is 12.8. The number of H-pyrrole nitrogens is 1. The number of esters is 1. The van der Waals surface area contributed by atoms with Crippen molar-refractivity contribution >= 4 is 23.6 Å². The summed E-state index contributed by atoms with van der Waals surface area (Å²) in [6, 6.07) is -0.723. The maximum Gasteiger partial charge on any atom is 0.433 e. The highest BCUT2D eigenvalue weighted by Gasteiger charge is 2.37. The van der Waals surface area contributed by atoms with Crippen molar-refractivity contribution in [2.24, 2.45) is 0 Å². The van der Waals surface area contributed by atoms with Gasteiger partial charge in [-0.15, -0.1) is 11.8 Å². The minimum atomic E-state index is -4.54. The topological polar surface area (TPSA) is 75.3 Å². The average Bonchev–Trinajstić information content (AvgIpc) is 3.22. The van der Waals surface area contributed by atoms with Crippen molar-refractivity contribution in [1.82, 2.24) is 15.1 Å². The number of thioether (sulfide) groups is 1. The average molecular weight is 391 g/mol. The molecule has 0 unspecified atom stereocenters. The largest absolute Gasteiger partial charge is 0.464 e. The van der Waals surface area contributed by atoms with E-state index in [2.05, 4.69) is 5.10 Å². The third-order valence-electron chi connectivity index (χ3n) is 3.88. The molecule has 0 bridgehead atoms. The Hall–Kier alpha value is -1.97. The number of aromatic nitrogens is 2. The molecule has 0 spiro atoms. The third kappa shape index (κ3) is 4.80. The molecule has 1 aliphatic rings. The van der Waals surface area contributed by atoms with E-state index in [4.69, 9.17) is 4.74 Å². The molecule has 0 radical (unpaired) electrons. The summed E-state index contributed by atoms with van der Waals surface area (Å²) in [4.78, 5) is 26.1. The fourth-order valence-corrected chi connectivity index (χ4v) is 3.70. The summed E-state index contributed by atoms with van der Waals surface area (Å²) in [6.07, 6.45) is -1.09. The predicted molar refractivity (Wildman–Crippen MR) is 90.3 cm³/mol. The molecule has 1 fully saturated rings. The Labute approximate surface area is 153 Å². The van der Waals surface area contributed by atoms with E-state index in [0.29, 0.717) is 23.6 Å². The van der Waals surface area contributed by atoms with Crippen LogP contribution in [0.3, 0.4) is 0 Å². The van der Waals surface area contributed by atoms with Crippen LogP contribution in [0.5, 0.6) is 0 Å². The Kier molecular flexibility index (Phi) is 6.74. The van der Waals surface area contributed by atoms with Crippen LogP contribution >= 0.6 is 11.8 Å². The number of carbonyl (C=O) groups is 2. The van der Waals surface area contributed by atoms with Crippen LogP contribution in [0.25, 0.3) is 0 Å². The summed E-state index contributed by atoms with van der Waals surface area (Å²) < 4.78 is 43.4. The summed E-state index contributed by atoms with van der Waals surface area (Å²) in [5.74, 6) is -0.0468. The number of halogens is 3. The predicted octanol–water partition coefficient (Wildman–Crippen LogP) is 2.77. The normalized spacial score (nSPS) is 18.3. The lowest BCUT2D eigenvalue weighted by molar-refractivity contribution is -0.152. The molecule has 1 atom stereocenters. The van der Waals surface area contributed by atoms with Crippen molar-refractivity contribution in [2.75, 3.05) is 18.2 Å². The zero-order valence-corrected chi connectivity index (χ0v) is 15.2. The molecule has 1 N–H and O–H groups in total. The van der Waals surface area contributed by atoms with Gasteiger partial charge >= 0.3 is 12.1 Å². The molecule has 0 aromatic carbocycles. The molecule has 2 rings (SSSR count). The first-order valence-corrected chi connectivity index (χ1v) is 9.22. The van der Waals surface area contributed by atoms with Crippen molar-refractivity contribution in [1.29, 1.82) is 0 Å². The molecular weight excluding hydrogens is 371 g/mol. The molecule has 0 aliphatic carbocycles. The lowest BCUT2D eigenvalue weighted by atomic mass is 10.2. The molecule has 0 saturated carbocycles. The molecule has 1 aromatic rings. The number of amides is 1. The molecule has 26 heavy (non-hydrogen) atoms. The van der Waals surface area contributed by atoms with E-state index in [1.807, 2.05) is 12.0 Å². The van der Waals surface area contributed by atoms with Crippen LogP contribution in [0.4, 0.5) is 13.2 Å². The molecule has 10 heteroatoms. The number of hydrogen-bond acceptors (Lipinski definition) is 5. The van der Waals surface area contributed by atoms with Crippen LogP contribution in [0.15, 0.2) is 17.8 Å². The number of allylic oxidation sites excluding steroid dienone is 1. The lowest BCUT2D eigenvalue weighted by Crippen LogP contribution is -2.43. The monoisotopic (exact) mass is 391 g/mol. The summed E-state index contributed by atoms with van der Waals surface area (Å²) >= 11 is 1.43. The Morgan fingerprint density at radius 3 is 2.88 bits per heavy atom. The van der Waals surface area contributed by atoms with Crippen LogP contribution in [-0.4, -0.2) is 51.3 Å². The van der Waals surface area contributed by atoms with Gasteiger partial charge in [0.1, 0.15) is 11.7 Å². The first-order valence-electron chi connectivity index (χ1n) is 8.07. The summed E-state index contributed by atoms with van der Waals surface area (Å²) in [6.45, 7) is 3.38. The Morgan fingerprint density at radius 2 is 2.23 bits per heavy atom. The van der Waals surface area contributed by atoms with E-state index in [9.17, 15) is 22.8 Å². The maximum absolute atomic E-state index is 12.8. The van der Waals surface area contributed by atoms with Gasteiger partial charge in [-0.2, -0.15) is 18.3 Å². The van der Waals surface area contributed by atoms with Gasteiger partial charge in [0.25, 0.3) is 5.91 Å². The van der Waals surface area contributed by atoms with E-state index < -0.39 is 23.9 Å². The minimum Gasteiger partial charge on any atom is -0.464 e. The molecule has 1 aromatic heterocycles. The molecule has 2 heterocycles. The van der Waals surface area contributed by atoms with Gasteiger partial charge in [0.05, 0.1) is 18.7 Å². The molecule has 1 amide bonds. The summed E-state index contributed by atoms with van der Waals surface area (Å²) in [5, 5.41) is 5.30. The first kappa shape index (κ1) is 20.3. The van der Waals surface area contributed by atoms with Gasteiger partial charge in [0, 0.05) is 23.3 Å². The number of carbonyl (C=O) groups excluding carboxylic acids is 2. The van der Waals surface area contributed by atoms with Crippen LogP contribution in [-0.2, 0) is 26.9 Å². The van der Waals surface area contributed by atoms with Crippen molar-refractivity contribution in [2.45, 2.75) is 38.9 Å². The third-order valence-corrected chi connectivity index (χ3v) is 4.89. The standard InChI is InChI=1S/C16H20F3N3O3S/c1-3-4-10(2)14(23)22-9-26-8-12(22)15(24)25-6-5-11-7-20-21-13(11)16(17,18)19/h4,7,12H,3,5-6,8-9H2,1-2H3,(H,20,21)/b10-4+/t12-/m1/s1. The Balaban J connectivity index is 1.92. The lowest BCUT2D eigenvalue weighted by Gasteiger charge is -2.22. The minimum absolute atomic E-state index is 0.0687. The van der Waals surface area contributed by atoms with Gasteiger partial charge in [-0.05, 0) is 13.3 Å². The second-order valence-corrected chi connectivity index (χ2v) is 6.77. The number of hydrogen-bond donors (Lipinski definition) is 1. The molecule has 6 nitrogen and oxygen atoms in total. The summed E-state index contributed by atoms with van der Waals surface area (Å²) in [7, 11) is 0. The van der Waals surface area contributed by atoms with E-state index in [0.717, 1.165) is 6.20 Å². The molecule has 1 aliphatic heterocycles. The number of ether oxygens (including phenoxy) is 1. The van der Waals surface area contributed by atoms with Gasteiger partial charge in [-0.25, -0.2) is 4.79 Å². The number of aromatic amines is 1. The van der Waals surface area contributed by atoms with Gasteiger partial charge in [0.15, 0.2) is 0 Å². The molecule has 1 saturated heterocycles. The summed E-state index contributed by atoms with van der Waals surface area (Å²) in [5.41, 5.74) is -0.455. The van der Waals surface area contributed by atoms with Crippen molar-refractivity contribution in [3.63, 3.8) is 0 Å². The van der Waals surface area contributed by atoms with Gasteiger partial charge in [0.2, 0.25) is 0 Å². The second-order valence-electron chi connectivity index (χ2n) is 5.77. The van der Waals surface area contributed by atoms with E-state index in [-0.39, 0.29) is 24.5 Å². The number of alkyl halides is 3. The van der Waals surface area contributed by atoms with Gasteiger partial charge in [-0.3, -0.25) is 9.89 Å². The fourth-order valence-electron chi connectivity index (χ4n) is 2.56. The van der Waals surface area contributed by atoms with E-state index >= 15 is 0 Å². The smallest absolute Gasteiger partial charge is 0.433 e. The fraction of sp³-hybridized carbons (Fsp3) is 0.562. The second kappa shape index (κ2) is 8.61. The SMILES string of the molecule is CC/C=C(\C)C(=O)N1CSC[C@@H]1C(=O)OCCc1cn[nH]c1C(F)(F)F.